The molecule has 0 spiro atoms. The summed E-state index contributed by atoms with van der Waals surface area (Å²) in [5.74, 6) is -0.596. The van der Waals surface area contributed by atoms with Gasteiger partial charge in [0.2, 0.25) is 0 Å². The summed E-state index contributed by atoms with van der Waals surface area (Å²) >= 11 is 0. The molecule has 0 aromatic rings. The quantitative estimate of drug-likeness (QED) is 0.612. The van der Waals surface area contributed by atoms with Gasteiger partial charge in [-0.1, -0.05) is 0 Å². The highest BCUT2D eigenvalue weighted by atomic mass is 16.5. The van der Waals surface area contributed by atoms with Crippen LogP contribution in [0, 0.1) is 0 Å². The van der Waals surface area contributed by atoms with Gasteiger partial charge < -0.3 is 15.6 Å². The molecule has 15 heavy (non-hydrogen) atoms. The van der Waals surface area contributed by atoms with Crippen molar-refractivity contribution in [1.29, 1.82) is 0 Å². The molecule has 0 aliphatic carbocycles. The van der Waals surface area contributed by atoms with Gasteiger partial charge in [0.05, 0.1) is 7.11 Å². The molecule has 0 amide bonds. The van der Waals surface area contributed by atoms with E-state index in [2.05, 4.69) is 4.74 Å². The Kier molecular flexibility index (Phi) is 4.07. The number of likely N-dealkylation sites (tertiary alicyclic amines) is 1. The molecule has 1 aliphatic rings. The van der Waals surface area contributed by atoms with Gasteiger partial charge in [0.25, 0.3) is 0 Å². The molecule has 1 aliphatic heterocycles. The standard InChI is InChI=1S/C10H20N2O3/c1-10(14,9(13)15-2)7-12-5-3-4-8(11)6-12/h8,14H,3-7,11H2,1-2H3/t8-,10?/m1/s1. The fraction of sp³-hybridized carbons (Fsp3) is 0.900. The number of ether oxygens (including phenoxy) is 1. The van der Waals surface area contributed by atoms with Gasteiger partial charge in [0, 0.05) is 19.1 Å². The molecule has 1 fully saturated rings. The summed E-state index contributed by atoms with van der Waals surface area (Å²) in [5, 5.41) is 9.86. The Morgan fingerprint density at radius 1 is 1.73 bits per heavy atom. The second-order valence-electron chi connectivity index (χ2n) is 4.40. The third-order valence-corrected chi connectivity index (χ3v) is 2.70. The number of carbonyl (C=O) groups is 1. The molecule has 1 heterocycles. The average molecular weight is 216 g/mol. The Morgan fingerprint density at radius 3 is 2.93 bits per heavy atom. The number of aliphatic hydroxyl groups is 1. The second kappa shape index (κ2) is 4.92. The van der Waals surface area contributed by atoms with Crippen molar-refractivity contribution in [1.82, 2.24) is 4.90 Å². The topological polar surface area (TPSA) is 75.8 Å². The maximum Gasteiger partial charge on any atom is 0.338 e. The number of esters is 1. The van der Waals surface area contributed by atoms with Crippen LogP contribution in [0.1, 0.15) is 19.8 Å². The summed E-state index contributed by atoms with van der Waals surface area (Å²) in [4.78, 5) is 13.3. The molecule has 5 heteroatoms. The number of nitrogens with zero attached hydrogens (tertiary/aromatic N) is 1. The van der Waals surface area contributed by atoms with E-state index in [1.54, 1.807) is 0 Å². The molecular weight excluding hydrogens is 196 g/mol. The Hall–Kier alpha value is -0.650. The third kappa shape index (κ3) is 3.44. The smallest absolute Gasteiger partial charge is 0.338 e. The minimum atomic E-state index is -1.44. The summed E-state index contributed by atoms with van der Waals surface area (Å²) in [6.45, 7) is 3.36. The Morgan fingerprint density at radius 2 is 2.40 bits per heavy atom. The number of carbonyl (C=O) groups excluding carboxylic acids is 1. The summed E-state index contributed by atoms with van der Waals surface area (Å²) in [6.07, 6.45) is 2.02. The zero-order valence-electron chi connectivity index (χ0n) is 9.40. The van der Waals surface area contributed by atoms with Crippen LogP contribution < -0.4 is 5.73 Å². The Bertz CT molecular complexity index is 231. The van der Waals surface area contributed by atoms with Gasteiger partial charge >= 0.3 is 5.97 Å². The highest BCUT2D eigenvalue weighted by Crippen LogP contribution is 2.14. The van der Waals surface area contributed by atoms with E-state index in [1.807, 2.05) is 4.90 Å². The van der Waals surface area contributed by atoms with Gasteiger partial charge in [-0.05, 0) is 26.3 Å². The van der Waals surface area contributed by atoms with Crippen molar-refractivity contribution >= 4 is 5.97 Å². The summed E-state index contributed by atoms with van der Waals surface area (Å²) in [5.41, 5.74) is 4.37. The van der Waals surface area contributed by atoms with Crippen molar-refractivity contribution in [2.24, 2.45) is 5.73 Å². The average Bonchev–Trinajstić information content (AvgIpc) is 2.15. The molecule has 0 saturated carbocycles. The highest BCUT2D eigenvalue weighted by Gasteiger charge is 2.34. The molecular formula is C10H20N2O3. The largest absolute Gasteiger partial charge is 0.467 e. The lowest BCUT2D eigenvalue weighted by molar-refractivity contribution is -0.162. The number of rotatable bonds is 3. The van der Waals surface area contributed by atoms with E-state index in [0.29, 0.717) is 0 Å². The molecule has 2 atom stereocenters. The first kappa shape index (κ1) is 12.4. The van der Waals surface area contributed by atoms with E-state index in [9.17, 15) is 9.90 Å². The number of hydrogen-bond acceptors (Lipinski definition) is 5. The first-order valence-corrected chi connectivity index (χ1v) is 5.24. The van der Waals surface area contributed by atoms with Crippen LogP contribution in [0.4, 0.5) is 0 Å². The number of methoxy groups -OCH3 is 1. The zero-order chi connectivity index (χ0) is 11.5. The maximum absolute atomic E-state index is 11.3. The molecule has 1 rings (SSSR count). The van der Waals surface area contributed by atoms with Gasteiger partial charge in [0.15, 0.2) is 5.60 Å². The van der Waals surface area contributed by atoms with Crippen LogP contribution >= 0.6 is 0 Å². The van der Waals surface area contributed by atoms with Crippen LogP contribution in [-0.2, 0) is 9.53 Å². The van der Waals surface area contributed by atoms with E-state index in [-0.39, 0.29) is 12.6 Å². The zero-order valence-corrected chi connectivity index (χ0v) is 9.40. The molecule has 1 saturated heterocycles. The maximum atomic E-state index is 11.3. The summed E-state index contributed by atoms with van der Waals surface area (Å²) in [7, 11) is 1.28. The molecule has 0 aromatic heterocycles. The van der Waals surface area contributed by atoms with Crippen LogP contribution in [-0.4, -0.2) is 54.4 Å². The lowest BCUT2D eigenvalue weighted by Gasteiger charge is -2.34. The van der Waals surface area contributed by atoms with E-state index >= 15 is 0 Å². The minimum Gasteiger partial charge on any atom is -0.467 e. The van der Waals surface area contributed by atoms with Gasteiger partial charge in [0.1, 0.15) is 0 Å². The molecule has 0 radical (unpaired) electrons. The van der Waals surface area contributed by atoms with E-state index in [1.165, 1.54) is 14.0 Å². The number of nitrogens with two attached hydrogens (primary N) is 1. The van der Waals surface area contributed by atoms with Crippen molar-refractivity contribution < 1.29 is 14.6 Å². The molecule has 3 N–H and O–H groups in total. The van der Waals surface area contributed by atoms with Crippen molar-refractivity contribution in [2.45, 2.75) is 31.4 Å². The van der Waals surface area contributed by atoms with Gasteiger partial charge in [-0.25, -0.2) is 4.79 Å². The normalized spacial score (nSPS) is 27.1. The predicted octanol–water partition coefficient (Wildman–Crippen LogP) is -0.666. The third-order valence-electron chi connectivity index (χ3n) is 2.70. The van der Waals surface area contributed by atoms with Crippen LogP contribution in [0.3, 0.4) is 0 Å². The predicted molar refractivity (Wildman–Crippen MR) is 56.3 cm³/mol. The molecule has 1 unspecified atom stereocenters. The first-order chi connectivity index (χ1) is 6.95. The lowest BCUT2D eigenvalue weighted by atomic mass is 10.0. The number of hydrogen-bond donors (Lipinski definition) is 2. The van der Waals surface area contributed by atoms with Crippen molar-refractivity contribution in [3.63, 3.8) is 0 Å². The molecule has 0 bridgehead atoms. The highest BCUT2D eigenvalue weighted by molar-refractivity contribution is 5.78. The number of piperidine rings is 1. The van der Waals surface area contributed by atoms with Crippen LogP contribution in [0.2, 0.25) is 0 Å². The van der Waals surface area contributed by atoms with Crippen molar-refractivity contribution in [2.75, 3.05) is 26.7 Å². The molecule has 5 nitrogen and oxygen atoms in total. The monoisotopic (exact) mass is 216 g/mol. The lowest BCUT2D eigenvalue weighted by Crippen LogP contribution is -2.52. The minimum absolute atomic E-state index is 0.146. The summed E-state index contributed by atoms with van der Waals surface area (Å²) < 4.78 is 4.54. The van der Waals surface area contributed by atoms with Crippen LogP contribution in [0.5, 0.6) is 0 Å². The van der Waals surface area contributed by atoms with Gasteiger partial charge in [-0.3, -0.25) is 4.90 Å². The Balaban J connectivity index is 2.49. The fourth-order valence-corrected chi connectivity index (χ4v) is 1.95. The molecule has 88 valence electrons. The SMILES string of the molecule is COC(=O)C(C)(O)CN1CCC[C@@H](N)C1. The van der Waals surface area contributed by atoms with Crippen LogP contribution in [0.25, 0.3) is 0 Å². The Labute approximate surface area is 90.2 Å². The van der Waals surface area contributed by atoms with E-state index in [4.69, 9.17) is 5.73 Å². The van der Waals surface area contributed by atoms with Gasteiger partial charge in [-0.15, -0.1) is 0 Å². The molecule has 0 aromatic carbocycles. The van der Waals surface area contributed by atoms with Gasteiger partial charge in [-0.2, -0.15) is 0 Å². The first-order valence-electron chi connectivity index (χ1n) is 5.24. The number of β-amino-alcohol motifs (C(OH)–C–C–N with tert-alkyl or cyclic N) is 1. The van der Waals surface area contributed by atoms with Crippen molar-refractivity contribution in [3.05, 3.63) is 0 Å². The van der Waals surface area contributed by atoms with E-state index in [0.717, 1.165) is 25.9 Å². The second-order valence-corrected chi connectivity index (χ2v) is 4.40. The summed E-state index contributed by atoms with van der Waals surface area (Å²) in [6, 6.07) is 0.146. The van der Waals surface area contributed by atoms with E-state index < -0.39 is 11.6 Å². The van der Waals surface area contributed by atoms with Crippen LogP contribution in [0.15, 0.2) is 0 Å². The fourth-order valence-electron chi connectivity index (χ4n) is 1.95. The van der Waals surface area contributed by atoms with Crippen molar-refractivity contribution in [3.8, 4) is 0 Å².